The molecule has 3 amide bonds. The maximum atomic E-state index is 14.2. The van der Waals surface area contributed by atoms with E-state index in [1.165, 1.54) is 30.3 Å². The van der Waals surface area contributed by atoms with Crippen molar-refractivity contribution in [3.05, 3.63) is 82.4 Å². The number of carbonyl (C=O) groups excluding carboxylic acids is 3. The maximum Gasteiger partial charge on any atom is 0.266 e. The predicted molar refractivity (Wildman–Crippen MR) is 142 cm³/mol. The van der Waals surface area contributed by atoms with Gasteiger partial charge in [0.05, 0.1) is 28.0 Å². The Bertz CT molecular complexity index is 1560. The molecular formula is C26H25ClN4O5S. The molecule has 11 heteroatoms. The van der Waals surface area contributed by atoms with Crippen molar-refractivity contribution in [2.75, 3.05) is 10.3 Å². The third kappa shape index (κ3) is 4.90. The molecule has 1 unspecified atom stereocenters. The minimum Gasteiger partial charge on any atom is -0.507 e. The summed E-state index contributed by atoms with van der Waals surface area (Å²) in [5.41, 5.74) is 3.70. The molecule has 1 heterocycles. The molecule has 0 bridgehead atoms. The number of nitrogens with zero attached hydrogens (tertiary/aromatic N) is 3. The van der Waals surface area contributed by atoms with Crippen molar-refractivity contribution in [2.24, 2.45) is 4.36 Å². The van der Waals surface area contributed by atoms with Crippen LogP contribution in [0.5, 0.6) is 5.75 Å². The first kappa shape index (κ1) is 26.2. The van der Waals surface area contributed by atoms with Crippen molar-refractivity contribution in [1.29, 1.82) is 0 Å². The van der Waals surface area contributed by atoms with Gasteiger partial charge >= 0.3 is 0 Å². The van der Waals surface area contributed by atoms with Gasteiger partial charge in [0.2, 0.25) is 6.41 Å². The molecule has 1 aliphatic rings. The SMILES string of the molecule is Cc1cc(NN(C=O)S(=O)(=NC(C)(C)C)c2ccccc2O)ccc1N1C(=O)c2ccc(Cl)cc2C1=O. The largest absolute Gasteiger partial charge is 0.507 e. The number of aryl methyl sites for hydroxylation is 1. The Morgan fingerprint density at radius 1 is 1.03 bits per heavy atom. The zero-order valence-corrected chi connectivity index (χ0v) is 22.1. The van der Waals surface area contributed by atoms with Gasteiger partial charge < -0.3 is 5.11 Å². The van der Waals surface area contributed by atoms with E-state index in [4.69, 9.17) is 11.6 Å². The number of fused-ring (bicyclic) bond motifs is 1. The highest BCUT2D eigenvalue weighted by atomic mass is 35.5. The monoisotopic (exact) mass is 540 g/mol. The summed E-state index contributed by atoms with van der Waals surface area (Å²) < 4.78 is 19.4. The number of anilines is 2. The number of amides is 3. The van der Waals surface area contributed by atoms with Crippen molar-refractivity contribution >= 4 is 51.1 Å². The van der Waals surface area contributed by atoms with Gasteiger partial charge in [-0.15, -0.1) is 0 Å². The van der Waals surface area contributed by atoms with Crippen LogP contribution in [0.1, 0.15) is 47.1 Å². The Labute approximate surface area is 219 Å². The van der Waals surface area contributed by atoms with Crippen LogP contribution < -0.4 is 10.3 Å². The molecule has 0 aromatic heterocycles. The van der Waals surface area contributed by atoms with E-state index in [0.717, 1.165) is 9.31 Å². The molecule has 0 saturated heterocycles. The molecule has 0 fully saturated rings. The number of rotatable bonds is 6. The van der Waals surface area contributed by atoms with E-state index in [2.05, 4.69) is 9.79 Å². The molecule has 3 aromatic rings. The number of imide groups is 1. The van der Waals surface area contributed by atoms with Crippen LogP contribution in [-0.2, 0) is 14.7 Å². The van der Waals surface area contributed by atoms with Crippen LogP contribution in [0, 0.1) is 6.92 Å². The topological polar surface area (TPSA) is 119 Å². The van der Waals surface area contributed by atoms with Gasteiger partial charge in [-0.05, 0) is 81.8 Å². The third-order valence-electron chi connectivity index (χ3n) is 5.44. The highest BCUT2D eigenvalue weighted by molar-refractivity contribution is 7.92. The van der Waals surface area contributed by atoms with Crippen molar-refractivity contribution in [3.8, 4) is 5.75 Å². The molecule has 0 saturated carbocycles. The Morgan fingerprint density at radius 3 is 2.32 bits per heavy atom. The minimum atomic E-state index is -3.64. The summed E-state index contributed by atoms with van der Waals surface area (Å²) in [6.45, 7) is 6.87. The number of hydrogen-bond acceptors (Lipinski definition) is 7. The number of aromatic hydroxyl groups is 1. The average Bonchev–Trinajstić information content (AvgIpc) is 3.06. The van der Waals surface area contributed by atoms with Gasteiger partial charge in [0, 0.05) is 5.02 Å². The molecule has 1 aliphatic heterocycles. The summed E-state index contributed by atoms with van der Waals surface area (Å²) in [6.07, 6.45) is 0.334. The first-order chi connectivity index (χ1) is 17.4. The van der Waals surface area contributed by atoms with Crippen LogP contribution in [0.15, 0.2) is 69.9 Å². The van der Waals surface area contributed by atoms with Gasteiger partial charge in [-0.25, -0.2) is 13.5 Å². The van der Waals surface area contributed by atoms with E-state index < -0.39 is 27.3 Å². The second-order valence-corrected chi connectivity index (χ2v) is 11.9. The highest BCUT2D eigenvalue weighted by Gasteiger charge is 2.37. The third-order valence-corrected chi connectivity index (χ3v) is 8.10. The number of benzene rings is 3. The molecular weight excluding hydrogens is 516 g/mol. The zero-order chi connectivity index (χ0) is 27.1. The van der Waals surface area contributed by atoms with Crippen molar-refractivity contribution < 1.29 is 23.7 Å². The smallest absolute Gasteiger partial charge is 0.266 e. The van der Waals surface area contributed by atoms with Gasteiger partial charge in [0.15, 0.2) is 9.92 Å². The molecule has 0 radical (unpaired) electrons. The van der Waals surface area contributed by atoms with Gasteiger partial charge in [-0.1, -0.05) is 23.7 Å². The fraction of sp³-hybridized carbons (Fsp3) is 0.192. The van der Waals surface area contributed by atoms with Crippen LogP contribution in [-0.4, -0.2) is 37.5 Å². The summed E-state index contributed by atoms with van der Waals surface area (Å²) in [4.78, 5) is 39.1. The van der Waals surface area contributed by atoms with Crippen molar-refractivity contribution in [2.45, 2.75) is 38.1 Å². The summed E-state index contributed by atoms with van der Waals surface area (Å²) >= 11 is 6.00. The van der Waals surface area contributed by atoms with Crippen molar-refractivity contribution in [3.63, 3.8) is 0 Å². The van der Waals surface area contributed by atoms with E-state index >= 15 is 0 Å². The zero-order valence-electron chi connectivity index (χ0n) is 20.6. The first-order valence-electron chi connectivity index (χ1n) is 11.2. The van der Waals surface area contributed by atoms with Gasteiger partial charge in [0.25, 0.3) is 11.8 Å². The van der Waals surface area contributed by atoms with Gasteiger partial charge in [-0.2, -0.15) is 4.41 Å². The van der Waals surface area contributed by atoms with E-state index in [0.29, 0.717) is 28.4 Å². The number of carbonyl (C=O) groups is 3. The number of nitrogens with one attached hydrogen (secondary N) is 1. The Morgan fingerprint density at radius 2 is 1.70 bits per heavy atom. The van der Waals surface area contributed by atoms with Crippen LogP contribution in [0.25, 0.3) is 0 Å². The number of phenols is 1. The number of hydrogen-bond donors (Lipinski definition) is 2. The van der Waals surface area contributed by atoms with Crippen LogP contribution in [0.4, 0.5) is 11.4 Å². The number of phenolic OH excluding ortho intramolecular Hbond substituents is 1. The molecule has 0 spiro atoms. The maximum absolute atomic E-state index is 14.2. The van der Waals surface area contributed by atoms with Gasteiger partial charge in [-0.3, -0.25) is 19.8 Å². The lowest BCUT2D eigenvalue weighted by atomic mass is 10.1. The average molecular weight is 541 g/mol. The van der Waals surface area contributed by atoms with Gasteiger partial charge in [0.1, 0.15) is 10.6 Å². The molecule has 0 aliphatic carbocycles. The summed E-state index contributed by atoms with van der Waals surface area (Å²) in [6, 6.07) is 15.2. The molecule has 4 rings (SSSR count). The minimum absolute atomic E-state index is 0.0254. The fourth-order valence-electron chi connectivity index (χ4n) is 3.93. The normalized spacial score (nSPS) is 14.7. The van der Waals surface area contributed by atoms with Crippen LogP contribution in [0.3, 0.4) is 0 Å². The summed E-state index contributed by atoms with van der Waals surface area (Å²) in [5.74, 6) is -1.24. The first-order valence-corrected chi connectivity index (χ1v) is 13.1. The fourth-order valence-corrected chi connectivity index (χ4v) is 6.19. The molecule has 37 heavy (non-hydrogen) atoms. The van der Waals surface area contributed by atoms with E-state index in [9.17, 15) is 23.7 Å². The van der Waals surface area contributed by atoms with E-state index in [-0.39, 0.29) is 21.8 Å². The summed E-state index contributed by atoms with van der Waals surface area (Å²) in [7, 11) is -3.64. The lowest BCUT2D eigenvalue weighted by Gasteiger charge is -2.27. The Hall–Kier alpha value is -3.89. The number of hydrazine groups is 1. The lowest BCUT2D eigenvalue weighted by molar-refractivity contribution is -0.113. The second-order valence-electron chi connectivity index (χ2n) is 9.41. The summed E-state index contributed by atoms with van der Waals surface area (Å²) in [5, 5.41) is 10.8. The number of para-hydroxylation sites is 1. The molecule has 192 valence electrons. The van der Waals surface area contributed by atoms with E-state index in [1.807, 2.05) is 0 Å². The van der Waals surface area contributed by atoms with Crippen molar-refractivity contribution in [1.82, 2.24) is 4.41 Å². The number of halogens is 1. The van der Waals surface area contributed by atoms with E-state index in [1.54, 1.807) is 58.0 Å². The standard InChI is InChI=1S/C26H25ClN4O5S/c1-16-13-18(10-12-21(16)31-24(34)19-11-9-17(27)14-20(19)25(31)35)28-30(15-32)37(36,29-26(2,3)4)23-8-6-5-7-22(23)33/h5-15,28,33H,1-4H3. The Kier molecular flexibility index (Phi) is 6.74. The van der Waals surface area contributed by atoms with Crippen LogP contribution in [0.2, 0.25) is 5.02 Å². The Balaban J connectivity index is 1.71. The molecule has 3 aromatic carbocycles. The quantitative estimate of drug-likeness (QED) is 0.252. The molecule has 1 atom stereocenters. The second kappa shape index (κ2) is 9.53. The van der Waals surface area contributed by atoms with Crippen LogP contribution >= 0.6 is 11.6 Å². The predicted octanol–water partition coefficient (Wildman–Crippen LogP) is 5.18. The highest BCUT2D eigenvalue weighted by Crippen LogP contribution is 2.34. The molecule has 2 N–H and O–H groups in total. The lowest BCUT2D eigenvalue weighted by Crippen LogP contribution is -2.36. The molecule has 9 nitrogen and oxygen atoms in total.